The second kappa shape index (κ2) is 10.1. The number of rotatable bonds is 4. The highest BCUT2D eigenvalue weighted by Gasteiger charge is 2.43. The molecule has 0 aromatic heterocycles. The van der Waals surface area contributed by atoms with E-state index in [0.29, 0.717) is 16.3 Å². The fourth-order valence-corrected chi connectivity index (χ4v) is 5.73. The van der Waals surface area contributed by atoms with Gasteiger partial charge in [0.25, 0.3) is 11.8 Å². The number of hydrogen-bond donors (Lipinski definition) is 0. The molecule has 3 aromatic rings. The molecule has 0 aliphatic carbocycles. The smallest absolute Gasteiger partial charge is 0.316 e. The predicted molar refractivity (Wildman–Crippen MR) is 146 cm³/mol. The highest BCUT2D eigenvalue weighted by Crippen LogP contribution is 2.46. The van der Waals surface area contributed by atoms with Gasteiger partial charge in [0.05, 0.1) is 53.5 Å². The van der Waals surface area contributed by atoms with Crippen molar-refractivity contribution in [1.82, 2.24) is 0 Å². The van der Waals surface area contributed by atoms with Crippen LogP contribution < -0.4 is 14.5 Å². The molecule has 0 spiro atoms. The number of carbonyl (C=O) groups excluding carboxylic acids is 4. The Balaban J connectivity index is 1.36. The number of aryl methyl sites for hydroxylation is 1. The topological polar surface area (TPSA) is 84.0 Å². The number of hydrogen-bond acceptors (Lipinski definition) is 5. The molecule has 1 atom stereocenters. The Bertz CT molecular complexity index is 1530. The average Bonchev–Trinajstić information content (AvgIpc) is 3.39. The van der Waals surface area contributed by atoms with Crippen LogP contribution in [0.15, 0.2) is 42.5 Å². The van der Waals surface area contributed by atoms with Gasteiger partial charge in [0.1, 0.15) is 5.75 Å². The maximum atomic E-state index is 13.2. The van der Waals surface area contributed by atoms with E-state index in [1.54, 1.807) is 31.2 Å². The Morgan fingerprint density at radius 1 is 0.842 bits per heavy atom. The zero-order valence-corrected chi connectivity index (χ0v) is 23.1. The lowest BCUT2D eigenvalue weighted by molar-refractivity contribution is -0.139. The third kappa shape index (κ3) is 4.32. The van der Waals surface area contributed by atoms with Crippen LogP contribution in [0.1, 0.15) is 32.7 Å². The molecule has 0 N–H and O–H groups in total. The summed E-state index contributed by atoms with van der Waals surface area (Å²) in [5.41, 5.74) is 0.934. The molecule has 1 fully saturated rings. The fourth-order valence-electron chi connectivity index (χ4n) is 4.48. The molecule has 1 saturated heterocycles. The van der Waals surface area contributed by atoms with Crippen LogP contribution >= 0.6 is 58.0 Å². The van der Waals surface area contributed by atoms with Gasteiger partial charge in [-0.1, -0.05) is 70.1 Å². The van der Waals surface area contributed by atoms with Gasteiger partial charge in [-0.2, -0.15) is 0 Å². The summed E-state index contributed by atoms with van der Waals surface area (Å²) < 4.78 is 5.53. The molecule has 0 unspecified atom stereocenters. The summed E-state index contributed by atoms with van der Waals surface area (Å²) in [5.74, 6) is -2.79. The number of anilines is 2. The monoisotopic (exact) mass is 610 g/mol. The van der Waals surface area contributed by atoms with Crippen molar-refractivity contribution in [2.45, 2.75) is 13.3 Å². The lowest BCUT2D eigenvalue weighted by Crippen LogP contribution is -2.30. The Hall–Kier alpha value is -2.81. The zero-order valence-electron chi connectivity index (χ0n) is 19.4. The number of fused-ring (bicyclic) bond motifs is 1. The first kappa shape index (κ1) is 26.8. The van der Waals surface area contributed by atoms with Crippen LogP contribution in [0, 0.1) is 12.8 Å². The van der Waals surface area contributed by atoms with E-state index in [1.165, 1.54) is 23.1 Å². The van der Waals surface area contributed by atoms with Gasteiger partial charge in [-0.25, -0.2) is 4.90 Å². The minimum atomic E-state index is -0.715. The molecule has 3 aromatic carbocycles. The first-order chi connectivity index (χ1) is 18.0. The van der Waals surface area contributed by atoms with E-state index in [9.17, 15) is 19.2 Å². The fraction of sp³-hybridized carbons (Fsp3) is 0.154. The normalized spacial score (nSPS) is 16.9. The highest BCUT2D eigenvalue weighted by atomic mass is 35.5. The van der Waals surface area contributed by atoms with Gasteiger partial charge < -0.3 is 9.64 Å². The Morgan fingerprint density at radius 3 is 2.03 bits per heavy atom. The molecule has 0 saturated carbocycles. The summed E-state index contributed by atoms with van der Waals surface area (Å²) in [4.78, 5) is 54.1. The highest BCUT2D eigenvalue weighted by molar-refractivity contribution is 6.56. The number of para-hydroxylation sites is 1. The molecule has 0 bridgehead atoms. The van der Waals surface area contributed by atoms with E-state index < -0.39 is 23.7 Å². The first-order valence-electron chi connectivity index (χ1n) is 11.1. The van der Waals surface area contributed by atoms with E-state index in [0.717, 1.165) is 4.90 Å². The maximum absolute atomic E-state index is 13.2. The van der Waals surface area contributed by atoms with E-state index >= 15 is 0 Å². The number of carbonyl (C=O) groups is 4. The van der Waals surface area contributed by atoms with Gasteiger partial charge in [0.15, 0.2) is 0 Å². The number of imide groups is 1. The van der Waals surface area contributed by atoms with Crippen LogP contribution in [-0.4, -0.2) is 30.2 Å². The van der Waals surface area contributed by atoms with Crippen molar-refractivity contribution in [3.63, 3.8) is 0 Å². The zero-order chi connectivity index (χ0) is 27.5. The molecule has 12 heteroatoms. The lowest BCUT2D eigenvalue weighted by atomic mass is 10.1. The van der Waals surface area contributed by atoms with Crippen molar-refractivity contribution >= 4 is 93.1 Å². The Morgan fingerprint density at radius 2 is 1.45 bits per heavy atom. The summed E-state index contributed by atoms with van der Waals surface area (Å²) in [7, 11) is 0. The van der Waals surface area contributed by atoms with E-state index in [1.807, 2.05) is 0 Å². The summed E-state index contributed by atoms with van der Waals surface area (Å²) in [5, 5.41) is -0.189. The molecule has 194 valence electrons. The van der Waals surface area contributed by atoms with Crippen LogP contribution in [0.5, 0.6) is 5.75 Å². The summed E-state index contributed by atoms with van der Waals surface area (Å²) >= 11 is 30.8. The largest absolute Gasteiger partial charge is 0.426 e. The standard InChI is InChI=1S/C26H15Cl5N2O5/c1-11-8-13(38-26(37)12-9-17(34)32(10-12)16-5-3-2-4-14(16)27)6-7-15(11)33-24(35)18-19(25(33)36)21(29)23(31)22(30)20(18)28/h2-8,12H,9-10H2,1H3/t12-/m0/s1. The quantitative estimate of drug-likeness (QED) is 0.104. The number of nitrogens with zero attached hydrogens (tertiary/aromatic N) is 2. The molecule has 2 aliphatic heterocycles. The molecule has 38 heavy (non-hydrogen) atoms. The lowest BCUT2D eigenvalue weighted by Gasteiger charge is -2.18. The third-order valence-electron chi connectivity index (χ3n) is 6.33. The minimum Gasteiger partial charge on any atom is -0.426 e. The van der Waals surface area contributed by atoms with Crippen LogP contribution in [-0.2, 0) is 9.59 Å². The summed E-state index contributed by atoms with van der Waals surface area (Å²) in [6.07, 6.45) is -0.0250. The molecule has 7 nitrogen and oxygen atoms in total. The second-order valence-corrected chi connectivity index (χ2v) is 10.6. The van der Waals surface area contributed by atoms with Gasteiger partial charge in [0, 0.05) is 13.0 Å². The van der Waals surface area contributed by atoms with E-state index in [4.69, 9.17) is 62.7 Å². The predicted octanol–water partition coefficient (Wildman–Crippen LogP) is 7.02. The van der Waals surface area contributed by atoms with Crippen molar-refractivity contribution in [2.24, 2.45) is 5.92 Å². The van der Waals surface area contributed by atoms with Crippen molar-refractivity contribution in [1.29, 1.82) is 0 Å². The number of esters is 1. The average molecular weight is 613 g/mol. The minimum absolute atomic E-state index is 0.0250. The number of ether oxygens (including phenoxy) is 1. The summed E-state index contributed by atoms with van der Waals surface area (Å²) in [6, 6.07) is 11.3. The molecule has 3 amide bonds. The van der Waals surface area contributed by atoms with Crippen LogP contribution in [0.4, 0.5) is 11.4 Å². The van der Waals surface area contributed by atoms with Crippen LogP contribution in [0.3, 0.4) is 0 Å². The first-order valence-corrected chi connectivity index (χ1v) is 13.0. The number of benzene rings is 3. The van der Waals surface area contributed by atoms with Crippen molar-refractivity contribution in [3.05, 3.63) is 84.3 Å². The molecule has 2 aliphatic rings. The van der Waals surface area contributed by atoms with Crippen molar-refractivity contribution in [2.75, 3.05) is 16.3 Å². The van der Waals surface area contributed by atoms with Gasteiger partial charge in [-0.3, -0.25) is 19.2 Å². The van der Waals surface area contributed by atoms with E-state index in [-0.39, 0.29) is 61.5 Å². The van der Waals surface area contributed by atoms with Gasteiger partial charge >= 0.3 is 5.97 Å². The molecule has 5 rings (SSSR count). The molecular weight excluding hydrogens is 598 g/mol. The number of amides is 3. The second-order valence-electron chi connectivity index (χ2n) is 8.68. The Kier molecular flexibility index (Phi) is 7.09. The van der Waals surface area contributed by atoms with Crippen LogP contribution in [0.2, 0.25) is 25.1 Å². The summed E-state index contributed by atoms with van der Waals surface area (Å²) in [6.45, 7) is 1.76. The molecule has 2 heterocycles. The molecule has 0 radical (unpaired) electrons. The van der Waals surface area contributed by atoms with Crippen molar-refractivity contribution in [3.8, 4) is 5.75 Å². The van der Waals surface area contributed by atoms with Gasteiger partial charge in [0.2, 0.25) is 5.91 Å². The van der Waals surface area contributed by atoms with Gasteiger partial charge in [-0.05, 0) is 42.8 Å². The maximum Gasteiger partial charge on any atom is 0.316 e. The number of halogens is 5. The molecular formula is C26H15Cl5N2O5. The third-order valence-corrected chi connectivity index (χ3v) is 8.45. The van der Waals surface area contributed by atoms with E-state index in [2.05, 4.69) is 0 Å². The SMILES string of the molecule is Cc1cc(OC(=O)[C@H]2CC(=O)N(c3ccccc3Cl)C2)ccc1N1C(=O)c2c(Cl)c(Cl)c(Cl)c(Cl)c2C1=O. The van der Waals surface area contributed by atoms with Gasteiger partial charge in [-0.15, -0.1) is 0 Å². The van der Waals surface area contributed by atoms with Crippen LogP contribution in [0.25, 0.3) is 0 Å². The van der Waals surface area contributed by atoms with Crippen molar-refractivity contribution < 1.29 is 23.9 Å². The Labute approximate surface area is 241 Å².